The first kappa shape index (κ1) is 15.0. The zero-order chi connectivity index (χ0) is 16.1. The summed E-state index contributed by atoms with van der Waals surface area (Å²) in [5.74, 6) is 0. The minimum absolute atomic E-state index is 0.945. The van der Waals surface area contributed by atoms with Crippen molar-refractivity contribution in [3.8, 4) is 11.1 Å². The van der Waals surface area contributed by atoms with E-state index in [1.807, 2.05) is 30.5 Å². The van der Waals surface area contributed by atoms with Crippen molar-refractivity contribution in [1.29, 1.82) is 0 Å². The molecule has 1 heterocycles. The number of pyridine rings is 1. The average Bonchev–Trinajstić information content (AvgIpc) is 2.62. The van der Waals surface area contributed by atoms with E-state index in [1.54, 1.807) is 6.08 Å². The average molecular weight is 297 g/mol. The molecule has 0 amide bonds. The molecule has 0 radical (unpaired) electrons. The molecule has 112 valence electrons. The molecule has 0 spiro atoms. The third-order valence-corrected chi connectivity index (χ3v) is 3.94. The SMILES string of the molecule is C=Cc1ccc(/C=C/c2cccc(-c3ccccc3)c2C)nc1. The molecule has 2 aromatic carbocycles. The van der Waals surface area contributed by atoms with Crippen LogP contribution in [0.3, 0.4) is 0 Å². The van der Waals surface area contributed by atoms with Gasteiger partial charge in [0.1, 0.15) is 0 Å². The Morgan fingerprint density at radius 3 is 2.39 bits per heavy atom. The first-order chi connectivity index (χ1) is 11.3. The van der Waals surface area contributed by atoms with Gasteiger partial charge in [0.25, 0.3) is 0 Å². The second-order valence-electron chi connectivity index (χ2n) is 5.44. The molecule has 3 rings (SSSR count). The van der Waals surface area contributed by atoms with Crippen molar-refractivity contribution in [3.05, 3.63) is 95.8 Å². The van der Waals surface area contributed by atoms with Crippen LogP contribution < -0.4 is 0 Å². The Morgan fingerprint density at radius 2 is 1.70 bits per heavy atom. The first-order valence-electron chi connectivity index (χ1n) is 7.69. The van der Waals surface area contributed by atoms with Crippen molar-refractivity contribution in [1.82, 2.24) is 4.98 Å². The molecule has 0 aliphatic rings. The van der Waals surface area contributed by atoms with Gasteiger partial charge in [0.15, 0.2) is 0 Å². The zero-order valence-corrected chi connectivity index (χ0v) is 13.2. The van der Waals surface area contributed by atoms with E-state index in [2.05, 4.69) is 67.0 Å². The van der Waals surface area contributed by atoms with Gasteiger partial charge in [-0.15, -0.1) is 0 Å². The predicted octanol–water partition coefficient (Wildman–Crippen LogP) is 5.87. The van der Waals surface area contributed by atoms with Gasteiger partial charge in [-0.05, 0) is 46.9 Å². The molecule has 1 nitrogen and oxygen atoms in total. The fourth-order valence-electron chi connectivity index (χ4n) is 2.58. The van der Waals surface area contributed by atoms with Crippen LogP contribution >= 0.6 is 0 Å². The molecule has 3 aromatic rings. The molecule has 23 heavy (non-hydrogen) atoms. The van der Waals surface area contributed by atoms with E-state index >= 15 is 0 Å². The Labute approximate surface area is 137 Å². The van der Waals surface area contributed by atoms with Crippen LogP contribution in [0.2, 0.25) is 0 Å². The smallest absolute Gasteiger partial charge is 0.0630 e. The van der Waals surface area contributed by atoms with Crippen LogP contribution in [0.4, 0.5) is 0 Å². The Hall–Kier alpha value is -2.93. The summed E-state index contributed by atoms with van der Waals surface area (Å²) in [6.45, 7) is 5.91. The number of rotatable bonds is 4. The fourth-order valence-corrected chi connectivity index (χ4v) is 2.58. The predicted molar refractivity (Wildman–Crippen MR) is 99.9 cm³/mol. The molecule has 0 fully saturated rings. The summed E-state index contributed by atoms with van der Waals surface area (Å²) in [5.41, 5.74) is 6.97. The quantitative estimate of drug-likeness (QED) is 0.587. The lowest BCUT2D eigenvalue weighted by molar-refractivity contribution is 1.29. The second kappa shape index (κ2) is 6.89. The van der Waals surface area contributed by atoms with Gasteiger partial charge in [-0.25, -0.2) is 0 Å². The lowest BCUT2D eigenvalue weighted by Gasteiger charge is -2.09. The summed E-state index contributed by atoms with van der Waals surface area (Å²) in [4.78, 5) is 4.42. The molecule has 1 heteroatoms. The summed E-state index contributed by atoms with van der Waals surface area (Å²) in [6.07, 6.45) is 7.80. The summed E-state index contributed by atoms with van der Waals surface area (Å²) in [7, 11) is 0. The van der Waals surface area contributed by atoms with Crippen LogP contribution in [0.15, 0.2) is 73.4 Å². The number of aromatic nitrogens is 1. The van der Waals surface area contributed by atoms with Crippen LogP contribution in [0.5, 0.6) is 0 Å². The highest BCUT2D eigenvalue weighted by molar-refractivity contribution is 5.76. The van der Waals surface area contributed by atoms with Gasteiger partial charge in [0, 0.05) is 6.20 Å². The molecular formula is C22H19N. The van der Waals surface area contributed by atoms with Crippen molar-refractivity contribution in [2.45, 2.75) is 6.92 Å². The van der Waals surface area contributed by atoms with Crippen LogP contribution in [-0.2, 0) is 0 Å². The molecular weight excluding hydrogens is 278 g/mol. The van der Waals surface area contributed by atoms with Crippen molar-refractivity contribution < 1.29 is 0 Å². The largest absolute Gasteiger partial charge is 0.256 e. The number of hydrogen-bond acceptors (Lipinski definition) is 1. The molecule has 0 saturated heterocycles. The molecule has 0 saturated carbocycles. The maximum absolute atomic E-state index is 4.42. The zero-order valence-electron chi connectivity index (χ0n) is 13.2. The molecule has 0 unspecified atom stereocenters. The second-order valence-corrected chi connectivity index (χ2v) is 5.44. The fraction of sp³-hybridized carbons (Fsp3) is 0.0455. The van der Waals surface area contributed by atoms with Crippen LogP contribution in [-0.4, -0.2) is 4.98 Å². The third-order valence-electron chi connectivity index (χ3n) is 3.94. The van der Waals surface area contributed by atoms with E-state index < -0.39 is 0 Å². The first-order valence-corrected chi connectivity index (χ1v) is 7.69. The number of nitrogens with zero attached hydrogens (tertiary/aromatic N) is 1. The normalized spacial score (nSPS) is 10.8. The maximum atomic E-state index is 4.42. The summed E-state index contributed by atoms with van der Waals surface area (Å²) < 4.78 is 0. The maximum Gasteiger partial charge on any atom is 0.0630 e. The van der Waals surface area contributed by atoms with Crippen molar-refractivity contribution >= 4 is 18.2 Å². The van der Waals surface area contributed by atoms with Gasteiger partial charge < -0.3 is 0 Å². The van der Waals surface area contributed by atoms with Crippen molar-refractivity contribution in [2.24, 2.45) is 0 Å². The standard InChI is InChI=1S/C22H19N/c1-3-18-12-14-21(23-16-18)15-13-19-10-7-11-22(17(19)2)20-8-5-4-6-9-20/h3-16H,1H2,2H3/b15-13+. The lowest BCUT2D eigenvalue weighted by Crippen LogP contribution is -1.87. The van der Waals surface area contributed by atoms with Gasteiger partial charge in [0.05, 0.1) is 5.69 Å². The molecule has 0 bridgehead atoms. The molecule has 1 aromatic heterocycles. The molecule has 0 N–H and O–H groups in total. The van der Waals surface area contributed by atoms with Gasteiger partial charge in [0.2, 0.25) is 0 Å². The van der Waals surface area contributed by atoms with Gasteiger partial charge in [-0.1, -0.05) is 73.3 Å². The van der Waals surface area contributed by atoms with Gasteiger partial charge >= 0.3 is 0 Å². The monoisotopic (exact) mass is 297 g/mol. The highest BCUT2D eigenvalue weighted by Crippen LogP contribution is 2.26. The Balaban J connectivity index is 1.91. The van der Waals surface area contributed by atoms with Crippen molar-refractivity contribution in [2.75, 3.05) is 0 Å². The van der Waals surface area contributed by atoms with Crippen LogP contribution in [0.1, 0.15) is 22.4 Å². The topological polar surface area (TPSA) is 12.9 Å². The minimum atomic E-state index is 0.945. The van der Waals surface area contributed by atoms with Crippen LogP contribution in [0, 0.1) is 6.92 Å². The minimum Gasteiger partial charge on any atom is -0.256 e. The van der Waals surface area contributed by atoms with E-state index in [9.17, 15) is 0 Å². The highest BCUT2D eigenvalue weighted by atomic mass is 14.7. The van der Waals surface area contributed by atoms with E-state index in [1.165, 1.54) is 22.3 Å². The summed E-state index contributed by atoms with van der Waals surface area (Å²) in [5, 5.41) is 0. The lowest BCUT2D eigenvalue weighted by atomic mass is 9.96. The Kier molecular flexibility index (Phi) is 4.49. The number of hydrogen-bond donors (Lipinski definition) is 0. The van der Waals surface area contributed by atoms with Gasteiger partial charge in [-0.3, -0.25) is 4.98 Å². The van der Waals surface area contributed by atoms with E-state index in [4.69, 9.17) is 0 Å². The summed E-state index contributed by atoms with van der Waals surface area (Å²) >= 11 is 0. The van der Waals surface area contributed by atoms with Crippen LogP contribution in [0.25, 0.3) is 29.4 Å². The Morgan fingerprint density at radius 1 is 0.870 bits per heavy atom. The third kappa shape index (κ3) is 3.46. The molecule has 0 atom stereocenters. The van der Waals surface area contributed by atoms with Crippen molar-refractivity contribution in [3.63, 3.8) is 0 Å². The molecule has 0 aliphatic carbocycles. The van der Waals surface area contributed by atoms with E-state index in [0.717, 1.165) is 11.3 Å². The van der Waals surface area contributed by atoms with E-state index in [0.29, 0.717) is 0 Å². The summed E-state index contributed by atoms with van der Waals surface area (Å²) in [6, 6.07) is 20.9. The van der Waals surface area contributed by atoms with Gasteiger partial charge in [-0.2, -0.15) is 0 Å². The van der Waals surface area contributed by atoms with E-state index in [-0.39, 0.29) is 0 Å². The molecule has 0 aliphatic heterocycles. The Bertz CT molecular complexity index is 828. The number of benzene rings is 2. The highest BCUT2D eigenvalue weighted by Gasteiger charge is 2.03.